The first-order valence-electron chi connectivity index (χ1n) is 26.0. The van der Waals surface area contributed by atoms with Crippen LogP contribution in [0.1, 0.15) is 127 Å². The van der Waals surface area contributed by atoms with Crippen LogP contribution in [0.3, 0.4) is 0 Å². The molecule has 2 aliphatic carbocycles. The van der Waals surface area contributed by atoms with E-state index < -0.39 is 17.8 Å². The molecule has 1 atom stereocenters. The van der Waals surface area contributed by atoms with Gasteiger partial charge in [-0.05, 0) is 136 Å². The Balaban J connectivity index is 0.683. The van der Waals surface area contributed by atoms with Crippen molar-refractivity contribution in [3.8, 4) is 0 Å². The molecule has 370 valence electrons. The number of hydrogen-bond acceptors (Lipinski definition) is 8. The largest absolute Gasteiger partial charge is 0.342 e. The van der Waals surface area contributed by atoms with E-state index in [1.807, 2.05) is 40.1 Å². The summed E-state index contributed by atoms with van der Waals surface area (Å²) in [6.45, 7) is 6.12. The Morgan fingerprint density at radius 3 is 2.10 bits per heavy atom. The minimum Gasteiger partial charge on any atom is -0.342 e. The van der Waals surface area contributed by atoms with Crippen LogP contribution in [0.2, 0.25) is 0 Å². The van der Waals surface area contributed by atoms with Crippen LogP contribution in [0.4, 0.5) is 4.39 Å². The third-order valence-electron chi connectivity index (χ3n) is 16.8. The van der Waals surface area contributed by atoms with Gasteiger partial charge in [-0.1, -0.05) is 55.7 Å². The van der Waals surface area contributed by atoms with Crippen LogP contribution in [0.25, 0.3) is 10.8 Å². The molecule has 6 aliphatic rings. The van der Waals surface area contributed by atoms with Gasteiger partial charge in [0.05, 0.1) is 23.2 Å². The number of carbonyl (C=O) groups is 5. The van der Waals surface area contributed by atoms with Crippen LogP contribution in [-0.2, 0) is 20.8 Å². The maximum atomic E-state index is 15.1. The third-order valence-corrected chi connectivity index (χ3v) is 16.8. The van der Waals surface area contributed by atoms with E-state index in [9.17, 15) is 28.8 Å². The van der Waals surface area contributed by atoms with Crippen LogP contribution in [0.15, 0.2) is 71.5 Å². The molecule has 6 fully saturated rings. The molecule has 70 heavy (non-hydrogen) atoms. The predicted octanol–water partition coefficient (Wildman–Crippen LogP) is 6.14. The lowest BCUT2D eigenvalue weighted by Crippen LogP contribution is -2.56. The standard InChI is InChI=1S/C55H67FN8O6/c56-46-16-13-37(34-47-43-11-4-5-12-44(43)51(67)59-58-47)33-45(46)53(69)64-31-29-61(30-32-64)48(65)36-60-25-19-55(20-26-60)21-27-63(28-22-55)54(70)49(39-7-2-1-3-8-39)57-50(66)42-10-6-9-41(35-42)38-17-23-62(24-18-38)52(68)40-14-15-40/h4-6,9-13,16,33,35,38-40,49H,1-3,7-8,14-15,17-32,34,36H2,(H,57,66)(H,59,67)/t49-/m1/s1. The van der Waals surface area contributed by atoms with Crippen molar-refractivity contribution in [1.29, 1.82) is 0 Å². The average molecular weight is 955 g/mol. The van der Waals surface area contributed by atoms with E-state index in [4.69, 9.17) is 0 Å². The number of fused-ring (bicyclic) bond motifs is 1. The number of piperidine rings is 3. The van der Waals surface area contributed by atoms with Gasteiger partial charge in [0.2, 0.25) is 17.7 Å². The molecule has 14 nitrogen and oxygen atoms in total. The number of hydrogen-bond donors (Lipinski definition) is 2. The first-order chi connectivity index (χ1) is 34.0. The maximum Gasteiger partial charge on any atom is 0.272 e. The van der Waals surface area contributed by atoms with Crippen LogP contribution >= 0.6 is 0 Å². The van der Waals surface area contributed by atoms with Crippen LogP contribution in [0.5, 0.6) is 0 Å². The summed E-state index contributed by atoms with van der Waals surface area (Å²) in [5, 5.41) is 11.3. The number of halogens is 1. The molecule has 15 heteroatoms. The summed E-state index contributed by atoms with van der Waals surface area (Å²) in [4.78, 5) is 90.3. The Labute approximate surface area is 409 Å². The van der Waals surface area contributed by atoms with Gasteiger partial charge in [-0.15, -0.1) is 0 Å². The second kappa shape index (κ2) is 20.8. The van der Waals surface area contributed by atoms with Crippen molar-refractivity contribution in [3.63, 3.8) is 0 Å². The van der Waals surface area contributed by atoms with Gasteiger partial charge in [-0.3, -0.25) is 33.7 Å². The summed E-state index contributed by atoms with van der Waals surface area (Å²) in [6, 6.07) is 19.0. The lowest BCUT2D eigenvalue weighted by molar-refractivity contribution is -0.139. The Bertz CT molecular complexity index is 2650. The highest BCUT2D eigenvalue weighted by atomic mass is 19.1. The molecule has 5 amide bonds. The van der Waals surface area contributed by atoms with Crippen LogP contribution < -0.4 is 10.9 Å². The summed E-state index contributed by atoms with van der Waals surface area (Å²) >= 11 is 0. The number of amides is 5. The van der Waals surface area contributed by atoms with Gasteiger partial charge in [0.15, 0.2) is 0 Å². The number of nitrogens with zero attached hydrogens (tertiary/aromatic N) is 6. The van der Waals surface area contributed by atoms with E-state index in [1.54, 1.807) is 34.1 Å². The number of piperazine rings is 1. The molecule has 1 spiro atoms. The van der Waals surface area contributed by atoms with E-state index in [1.165, 1.54) is 6.07 Å². The molecular formula is C55H67FN8O6. The van der Waals surface area contributed by atoms with E-state index in [-0.39, 0.29) is 46.1 Å². The number of likely N-dealkylation sites (tertiary alicyclic amines) is 3. The molecule has 2 saturated carbocycles. The summed E-state index contributed by atoms with van der Waals surface area (Å²) in [5.74, 6) is -0.195. The fourth-order valence-electron chi connectivity index (χ4n) is 12.1. The SMILES string of the molecule is O=C(N[C@@H](C(=O)N1CCC2(CCN(CC(=O)N3CCN(C(=O)c4cc(Cc5n[nH]c(=O)c6ccccc56)ccc4F)CC3)CC2)CC1)C1CCCCC1)c1cccc(C2CCN(C(=O)C3CC3)CC2)c1. The minimum atomic E-state index is -0.608. The van der Waals surface area contributed by atoms with Crippen LogP contribution in [-0.4, -0.2) is 142 Å². The molecule has 0 radical (unpaired) electrons. The topological polar surface area (TPSA) is 159 Å². The van der Waals surface area contributed by atoms with Crippen molar-refractivity contribution in [2.24, 2.45) is 17.3 Å². The van der Waals surface area contributed by atoms with Crippen molar-refractivity contribution in [2.45, 2.75) is 102 Å². The van der Waals surface area contributed by atoms with Crippen molar-refractivity contribution in [2.75, 3.05) is 72.0 Å². The zero-order valence-electron chi connectivity index (χ0n) is 40.3. The maximum absolute atomic E-state index is 15.1. The molecule has 5 heterocycles. The van der Waals surface area contributed by atoms with E-state index in [0.717, 1.165) is 115 Å². The Morgan fingerprint density at radius 1 is 0.700 bits per heavy atom. The second-order valence-electron chi connectivity index (χ2n) is 21.2. The third kappa shape index (κ3) is 10.5. The van der Waals surface area contributed by atoms with Gasteiger partial charge >= 0.3 is 0 Å². The lowest BCUT2D eigenvalue weighted by Gasteiger charge is -2.47. The second-order valence-corrected chi connectivity index (χ2v) is 21.2. The van der Waals surface area contributed by atoms with Crippen molar-refractivity contribution >= 4 is 40.3 Å². The monoisotopic (exact) mass is 955 g/mol. The number of aromatic amines is 1. The smallest absolute Gasteiger partial charge is 0.272 e. The highest BCUT2D eigenvalue weighted by molar-refractivity contribution is 5.98. The number of H-pyrrole nitrogens is 1. The Kier molecular flexibility index (Phi) is 14.2. The molecule has 3 aromatic carbocycles. The van der Waals surface area contributed by atoms with Gasteiger partial charge < -0.3 is 24.9 Å². The molecule has 4 aliphatic heterocycles. The molecule has 2 N–H and O–H groups in total. The van der Waals surface area contributed by atoms with Gasteiger partial charge in [0, 0.05) is 75.6 Å². The highest BCUT2D eigenvalue weighted by Gasteiger charge is 2.42. The zero-order chi connectivity index (χ0) is 48.4. The lowest BCUT2D eigenvalue weighted by atomic mass is 9.71. The van der Waals surface area contributed by atoms with E-state index >= 15 is 4.39 Å². The number of aromatic nitrogens is 2. The quantitative estimate of drug-likeness (QED) is 0.182. The fourth-order valence-corrected chi connectivity index (χ4v) is 12.1. The van der Waals surface area contributed by atoms with Crippen molar-refractivity contribution < 1.29 is 28.4 Å². The normalized spacial score (nSPS) is 20.9. The van der Waals surface area contributed by atoms with Crippen molar-refractivity contribution in [3.05, 3.63) is 111 Å². The Morgan fingerprint density at radius 2 is 1.39 bits per heavy atom. The molecule has 0 bridgehead atoms. The fraction of sp³-hybridized carbons (Fsp3) is 0.545. The molecule has 4 aromatic rings. The number of nitrogens with one attached hydrogen (secondary N) is 2. The molecular weight excluding hydrogens is 888 g/mol. The van der Waals surface area contributed by atoms with E-state index in [0.29, 0.717) is 91.7 Å². The molecule has 1 aromatic heterocycles. The molecule has 10 rings (SSSR count). The van der Waals surface area contributed by atoms with Gasteiger partial charge in [0.1, 0.15) is 11.9 Å². The number of benzene rings is 3. The summed E-state index contributed by atoms with van der Waals surface area (Å²) in [7, 11) is 0. The summed E-state index contributed by atoms with van der Waals surface area (Å²) in [5.41, 5.74) is 2.84. The number of carbonyl (C=O) groups excluding carboxylic acids is 5. The zero-order valence-corrected chi connectivity index (χ0v) is 40.3. The van der Waals surface area contributed by atoms with Crippen LogP contribution in [0, 0.1) is 23.1 Å². The predicted molar refractivity (Wildman–Crippen MR) is 264 cm³/mol. The Hall–Kier alpha value is -5.96. The van der Waals surface area contributed by atoms with Crippen molar-refractivity contribution in [1.82, 2.24) is 40.0 Å². The van der Waals surface area contributed by atoms with E-state index in [2.05, 4.69) is 26.5 Å². The molecule has 4 saturated heterocycles. The average Bonchev–Trinajstić information content (AvgIpc) is 4.26. The van der Waals surface area contributed by atoms with Gasteiger partial charge in [-0.25, -0.2) is 9.49 Å². The molecule has 0 unspecified atom stereocenters. The highest BCUT2D eigenvalue weighted by Crippen LogP contribution is 2.42. The summed E-state index contributed by atoms with van der Waals surface area (Å²) < 4.78 is 15.1. The number of rotatable bonds is 11. The minimum absolute atomic E-state index is 0.0250. The first kappa shape index (κ1) is 47.7. The first-order valence-corrected chi connectivity index (χ1v) is 26.0. The van der Waals surface area contributed by atoms with Gasteiger partial charge in [0.25, 0.3) is 17.4 Å². The summed E-state index contributed by atoms with van der Waals surface area (Å²) in [6.07, 6.45) is 13.0. The van der Waals surface area contributed by atoms with Gasteiger partial charge in [-0.2, -0.15) is 5.10 Å².